The third-order valence-corrected chi connectivity index (χ3v) is 7.64. The third kappa shape index (κ3) is 2.21. The lowest BCUT2D eigenvalue weighted by molar-refractivity contribution is -0.145. The number of aryl methyl sites for hydroxylation is 2. The van der Waals surface area contributed by atoms with Crippen LogP contribution in [0.15, 0.2) is 16.6 Å². The molecule has 2 bridgehead atoms. The number of halogens is 2. The van der Waals surface area contributed by atoms with Crippen LogP contribution in [0.25, 0.3) is 0 Å². The van der Waals surface area contributed by atoms with Gasteiger partial charge in [0.2, 0.25) is 5.91 Å². The van der Waals surface area contributed by atoms with E-state index in [-0.39, 0.29) is 46.5 Å². The summed E-state index contributed by atoms with van der Waals surface area (Å²) in [5.41, 5.74) is 2.88. The molecule has 1 aliphatic heterocycles. The molecule has 1 heterocycles. The number of hydrogen-bond donors (Lipinski definition) is 1. The van der Waals surface area contributed by atoms with Crippen LogP contribution in [-0.2, 0) is 14.3 Å². The number of nitrogens with one attached hydrogen (secondary N) is 1. The van der Waals surface area contributed by atoms with Crippen molar-refractivity contribution >= 4 is 49.4 Å². The molecule has 3 aliphatic rings. The van der Waals surface area contributed by atoms with Crippen molar-refractivity contribution in [1.82, 2.24) is 0 Å². The summed E-state index contributed by atoms with van der Waals surface area (Å²) in [4.78, 5) is 25.1. The Bertz CT molecular complexity index is 720. The molecule has 4 nitrogen and oxygen atoms in total. The molecule has 1 amide bonds. The van der Waals surface area contributed by atoms with Gasteiger partial charge in [-0.2, -0.15) is 0 Å². The lowest BCUT2D eigenvalue weighted by atomic mass is 9.79. The maximum absolute atomic E-state index is 12.9. The van der Waals surface area contributed by atoms with Crippen LogP contribution in [0.1, 0.15) is 17.5 Å². The second-order valence-corrected chi connectivity index (χ2v) is 8.78. The molecule has 2 aliphatic carbocycles. The Balaban J connectivity index is 1.61. The number of carbonyl (C=O) groups excluding carboxylic acids is 2. The molecule has 1 aromatic carbocycles. The number of ether oxygens (including phenoxy) is 1. The van der Waals surface area contributed by atoms with Gasteiger partial charge in [-0.3, -0.25) is 9.59 Å². The Morgan fingerprint density at radius 2 is 2.00 bits per heavy atom. The van der Waals surface area contributed by atoms with E-state index in [9.17, 15) is 9.59 Å². The molecular formula is C17H17Br2NO3. The fourth-order valence-electron chi connectivity index (χ4n) is 4.46. The monoisotopic (exact) mass is 441 g/mol. The van der Waals surface area contributed by atoms with E-state index in [0.29, 0.717) is 0 Å². The fourth-order valence-corrected chi connectivity index (χ4v) is 5.96. The molecule has 0 aromatic heterocycles. The predicted octanol–water partition coefficient (Wildman–Crippen LogP) is 3.58. The first kappa shape index (κ1) is 15.6. The number of rotatable bonds is 2. The van der Waals surface area contributed by atoms with Gasteiger partial charge in [0, 0.05) is 16.1 Å². The van der Waals surface area contributed by atoms with Gasteiger partial charge in [0.25, 0.3) is 0 Å². The van der Waals surface area contributed by atoms with E-state index >= 15 is 0 Å². The van der Waals surface area contributed by atoms with E-state index in [2.05, 4.69) is 37.2 Å². The van der Waals surface area contributed by atoms with Gasteiger partial charge in [0.15, 0.2) is 0 Å². The largest absolute Gasteiger partial charge is 0.461 e. The van der Waals surface area contributed by atoms with Gasteiger partial charge < -0.3 is 10.1 Å². The molecule has 122 valence electrons. The summed E-state index contributed by atoms with van der Waals surface area (Å²) in [7, 11) is 0. The number of alkyl halides is 1. The van der Waals surface area contributed by atoms with Crippen LogP contribution in [0.5, 0.6) is 0 Å². The topological polar surface area (TPSA) is 55.4 Å². The molecule has 1 saturated heterocycles. The van der Waals surface area contributed by atoms with Crippen molar-refractivity contribution in [2.45, 2.75) is 31.2 Å². The normalized spacial score (nSPS) is 37.1. The standard InChI is InChI=1S/C17H17Br2NO3/c1-6-4-11(7(2)3-10(6)18)20-16(21)12-8-5-9-13(12)17(22)23-15(9)14(8)19/h3-4,8-9,12-15H,5H2,1-2H3,(H,20,21)/t8-,9-,12-,13+,14-,15+/m1/s1. The maximum atomic E-state index is 12.9. The quantitative estimate of drug-likeness (QED) is 0.562. The van der Waals surface area contributed by atoms with Gasteiger partial charge in [-0.25, -0.2) is 0 Å². The van der Waals surface area contributed by atoms with Crippen molar-refractivity contribution in [2.24, 2.45) is 23.7 Å². The van der Waals surface area contributed by atoms with Crippen LogP contribution in [-0.4, -0.2) is 22.8 Å². The van der Waals surface area contributed by atoms with Crippen molar-refractivity contribution in [2.75, 3.05) is 5.32 Å². The van der Waals surface area contributed by atoms with Crippen molar-refractivity contribution in [3.8, 4) is 0 Å². The zero-order chi connectivity index (χ0) is 16.5. The number of fused-ring (bicyclic) bond motifs is 1. The van der Waals surface area contributed by atoms with Gasteiger partial charge in [0.05, 0.1) is 16.7 Å². The van der Waals surface area contributed by atoms with Gasteiger partial charge in [-0.1, -0.05) is 31.9 Å². The first-order valence-electron chi connectivity index (χ1n) is 7.80. The highest BCUT2D eigenvalue weighted by Crippen LogP contribution is 2.60. The number of anilines is 1. The summed E-state index contributed by atoms with van der Waals surface area (Å²) in [5.74, 6) is -0.448. The number of amides is 1. The molecule has 1 aromatic rings. The Morgan fingerprint density at radius 3 is 2.74 bits per heavy atom. The lowest BCUT2D eigenvalue weighted by Crippen LogP contribution is -2.40. The van der Waals surface area contributed by atoms with Crippen molar-refractivity contribution < 1.29 is 14.3 Å². The van der Waals surface area contributed by atoms with E-state index in [1.807, 2.05) is 26.0 Å². The van der Waals surface area contributed by atoms with Gasteiger partial charge >= 0.3 is 5.97 Å². The maximum Gasteiger partial charge on any atom is 0.310 e. The predicted molar refractivity (Wildman–Crippen MR) is 93.4 cm³/mol. The minimum Gasteiger partial charge on any atom is -0.461 e. The third-order valence-electron chi connectivity index (χ3n) is 5.59. The number of esters is 1. The van der Waals surface area contributed by atoms with Crippen molar-refractivity contribution in [1.29, 1.82) is 0 Å². The molecule has 6 heteroatoms. The van der Waals surface area contributed by atoms with E-state index in [0.717, 1.165) is 27.7 Å². The molecule has 2 saturated carbocycles. The second-order valence-electron chi connectivity index (χ2n) is 6.87. The SMILES string of the molecule is Cc1cc(NC(=O)[C@@H]2[C@H]3C[C@H]4[C@H](OC(=O)[C@@H]42)[C@@H]3Br)c(C)cc1Br. The highest BCUT2D eigenvalue weighted by atomic mass is 79.9. The fraction of sp³-hybridized carbons (Fsp3) is 0.529. The Kier molecular flexibility index (Phi) is 3.61. The zero-order valence-corrected chi connectivity index (χ0v) is 16.0. The smallest absolute Gasteiger partial charge is 0.310 e. The molecule has 4 rings (SSSR count). The van der Waals surface area contributed by atoms with E-state index in [1.165, 1.54) is 0 Å². The van der Waals surface area contributed by atoms with Gasteiger partial charge in [-0.15, -0.1) is 0 Å². The number of carbonyl (C=O) groups is 2. The van der Waals surface area contributed by atoms with Crippen molar-refractivity contribution in [3.63, 3.8) is 0 Å². The van der Waals surface area contributed by atoms with Crippen LogP contribution < -0.4 is 5.32 Å². The average Bonchev–Trinajstić information content (AvgIpc) is 3.08. The van der Waals surface area contributed by atoms with Crippen LogP contribution >= 0.6 is 31.9 Å². The van der Waals surface area contributed by atoms with E-state index in [4.69, 9.17) is 4.74 Å². The summed E-state index contributed by atoms with van der Waals surface area (Å²) in [5, 5.41) is 3.04. The summed E-state index contributed by atoms with van der Waals surface area (Å²) in [6.45, 7) is 3.96. The summed E-state index contributed by atoms with van der Waals surface area (Å²) >= 11 is 7.14. The van der Waals surface area contributed by atoms with Crippen LogP contribution in [0.4, 0.5) is 5.69 Å². The molecule has 23 heavy (non-hydrogen) atoms. The van der Waals surface area contributed by atoms with Gasteiger partial charge in [0.1, 0.15) is 6.10 Å². The Labute approximate surface area is 151 Å². The van der Waals surface area contributed by atoms with Crippen LogP contribution in [0.3, 0.4) is 0 Å². The first-order valence-corrected chi connectivity index (χ1v) is 9.51. The molecule has 0 spiro atoms. The highest BCUT2D eigenvalue weighted by molar-refractivity contribution is 9.10. The second kappa shape index (κ2) is 5.31. The number of benzene rings is 1. The van der Waals surface area contributed by atoms with E-state index in [1.54, 1.807) is 0 Å². The van der Waals surface area contributed by atoms with E-state index < -0.39 is 0 Å². The Hall–Kier alpha value is -0.880. The first-order chi connectivity index (χ1) is 10.9. The molecule has 3 fully saturated rings. The summed E-state index contributed by atoms with van der Waals surface area (Å²) < 4.78 is 6.49. The molecule has 0 unspecified atom stereocenters. The molecule has 0 radical (unpaired) electrons. The molecule has 1 N–H and O–H groups in total. The molecule has 6 atom stereocenters. The number of hydrogen-bond acceptors (Lipinski definition) is 3. The minimum absolute atomic E-state index is 0.0433. The minimum atomic E-state index is -0.293. The van der Waals surface area contributed by atoms with Crippen LogP contribution in [0, 0.1) is 37.5 Å². The van der Waals surface area contributed by atoms with Gasteiger partial charge in [-0.05, 0) is 49.4 Å². The van der Waals surface area contributed by atoms with Crippen LogP contribution in [0.2, 0.25) is 0 Å². The Morgan fingerprint density at radius 1 is 1.26 bits per heavy atom. The highest BCUT2D eigenvalue weighted by Gasteiger charge is 2.67. The summed E-state index contributed by atoms with van der Waals surface area (Å²) in [6, 6.07) is 3.96. The summed E-state index contributed by atoms with van der Waals surface area (Å²) in [6.07, 6.45) is 0.853. The van der Waals surface area contributed by atoms with Crippen molar-refractivity contribution in [3.05, 3.63) is 27.7 Å². The average molecular weight is 443 g/mol. The molecular weight excluding hydrogens is 426 g/mol. The zero-order valence-electron chi connectivity index (χ0n) is 12.8. The lowest BCUT2D eigenvalue weighted by Gasteiger charge is -2.27.